The lowest BCUT2D eigenvalue weighted by Gasteiger charge is -2.04. The first-order valence-corrected chi connectivity index (χ1v) is 7.12. The Kier molecular flexibility index (Phi) is 4.14. The van der Waals surface area contributed by atoms with Gasteiger partial charge in [-0.2, -0.15) is 0 Å². The number of fused-ring (bicyclic) bond motifs is 1. The molecular weight excluding hydrogens is 283 g/mol. The second kappa shape index (κ2) is 6.39. The van der Waals surface area contributed by atoms with E-state index in [0.29, 0.717) is 41.6 Å². The Hall–Kier alpha value is -2.69. The molecule has 0 spiro atoms. The Labute approximate surface area is 126 Å². The van der Waals surface area contributed by atoms with Crippen LogP contribution in [-0.2, 0) is 6.42 Å². The minimum Gasteiger partial charge on any atom is -0.356 e. The van der Waals surface area contributed by atoms with Gasteiger partial charge in [0.25, 0.3) is 5.91 Å². The molecule has 0 aliphatic rings. The summed E-state index contributed by atoms with van der Waals surface area (Å²) in [6.07, 6.45) is 1.21. The Morgan fingerprint density at radius 1 is 1.14 bits per heavy atom. The fraction of sp³-hybridized carbons (Fsp3) is 0.176. The second-order valence-electron chi connectivity index (χ2n) is 4.97. The first kappa shape index (κ1) is 14.3. The monoisotopic (exact) mass is 298 g/mol. The zero-order chi connectivity index (χ0) is 15.4. The van der Waals surface area contributed by atoms with Crippen molar-refractivity contribution in [2.24, 2.45) is 0 Å². The summed E-state index contributed by atoms with van der Waals surface area (Å²) in [5.41, 5.74) is 1.66. The molecule has 1 aromatic heterocycles. The molecule has 1 N–H and O–H groups in total. The maximum Gasteiger partial charge on any atom is 0.251 e. The summed E-state index contributed by atoms with van der Waals surface area (Å²) in [6, 6.07) is 13.7. The molecule has 1 amide bonds. The van der Waals surface area contributed by atoms with Crippen LogP contribution in [0.15, 0.2) is 53.1 Å². The summed E-state index contributed by atoms with van der Waals surface area (Å²) in [5, 5.41) is 7.16. The average molecular weight is 298 g/mol. The zero-order valence-electron chi connectivity index (χ0n) is 11.9. The summed E-state index contributed by atoms with van der Waals surface area (Å²) in [4.78, 5) is 11.9. The molecule has 3 rings (SSSR count). The number of carbonyl (C=O) groups excluding carboxylic acids is 1. The topological polar surface area (TPSA) is 55.1 Å². The van der Waals surface area contributed by atoms with Crippen molar-refractivity contribution in [3.63, 3.8) is 0 Å². The van der Waals surface area contributed by atoms with Crippen LogP contribution in [0.3, 0.4) is 0 Å². The predicted octanol–water partition coefficient (Wildman–Crippen LogP) is 3.33. The van der Waals surface area contributed by atoms with Gasteiger partial charge in [0.15, 0.2) is 5.58 Å². The number of rotatable bonds is 5. The van der Waals surface area contributed by atoms with E-state index < -0.39 is 0 Å². The summed E-state index contributed by atoms with van der Waals surface area (Å²) in [6.45, 7) is 0.497. The van der Waals surface area contributed by atoms with Crippen molar-refractivity contribution < 1.29 is 13.7 Å². The molecular formula is C17H15FN2O2. The molecule has 0 aliphatic heterocycles. The van der Waals surface area contributed by atoms with E-state index in [1.165, 1.54) is 6.07 Å². The van der Waals surface area contributed by atoms with Gasteiger partial charge >= 0.3 is 0 Å². The van der Waals surface area contributed by atoms with E-state index in [1.54, 1.807) is 24.3 Å². The lowest BCUT2D eigenvalue weighted by atomic mass is 10.1. The molecule has 0 aliphatic carbocycles. The quantitative estimate of drug-likeness (QED) is 0.735. The molecule has 0 radical (unpaired) electrons. The van der Waals surface area contributed by atoms with Crippen LogP contribution in [-0.4, -0.2) is 17.6 Å². The molecule has 2 aromatic carbocycles. The number of benzene rings is 2. The van der Waals surface area contributed by atoms with Crippen molar-refractivity contribution >= 4 is 16.9 Å². The van der Waals surface area contributed by atoms with E-state index in [0.717, 1.165) is 0 Å². The third-order valence-electron chi connectivity index (χ3n) is 3.43. The summed E-state index contributed by atoms with van der Waals surface area (Å²) in [5.74, 6) is -0.445. The molecule has 0 saturated heterocycles. The van der Waals surface area contributed by atoms with Gasteiger partial charge in [0.05, 0.1) is 11.1 Å². The number of aryl methyl sites for hydroxylation is 1. The maximum absolute atomic E-state index is 13.8. The van der Waals surface area contributed by atoms with Crippen LogP contribution in [0.25, 0.3) is 11.0 Å². The maximum atomic E-state index is 13.8. The molecule has 1 heterocycles. The molecule has 112 valence electrons. The van der Waals surface area contributed by atoms with Gasteiger partial charge in [0.1, 0.15) is 5.82 Å². The van der Waals surface area contributed by atoms with Crippen molar-refractivity contribution in [2.45, 2.75) is 12.8 Å². The van der Waals surface area contributed by atoms with Gasteiger partial charge in [-0.1, -0.05) is 29.4 Å². The Bertz CT molecular complexity index is 784. The highest BCUT2D eigenvalue weighted by Gasteiger charge is 2.12. The summed E-state index contributed by atoms with van der Waals surface area (Å²) >= 11 is 0. The number of nitrogens with zero attached hydrogens (tertiary/aromatic N) is 1. The molecule has 0 bridgehead atoms. The summed E-state index contributed by atoms with van der Waals surface area (Å²) in [7, 11) is 0. The number of amides is 1. The van der Waals surface area contributed by atoms with Crippen LogP contribution in [0.1, 0.15) is 22.5 Å². The van der Waals surface area contributed by atoms with Crippen molar-refractivity contribution in [2.75, 3.05) is 6.54 Å². The molecule has 0 unspecified atom stereocenters. The van der Waals surface area contributed by atoms with Crippen LogP contribution >= 0.6 is 0 Å². The van der Waals surface area contributed by atoms with Crippen molar-refractivity contribution in [3.05, 3.63) is 65.6 Å². The molecule has 5 heteroatoms. The van der Waals surface area contributed by atoms with Gasteiger partial charge in [-0.05, 0) is 37.1 Å². The van der Waals surface area contributed by atoms with Gasteiger partial charge in [-0.25, -0.2) is 4.39 Å². The third kappa shape index (κ3) is 2.98. The van der Waals surface area contributed by atoms with Crippen molar-refractivity contribution in [3.8, 4) is 0 Å². The van der Waals surface area contributed by atoms with Crippen LogP contribution in [0.2, 0.25) is 0 Å². The average Bonchev–Trinajstić information content (AvgIpc) is 2.97. The normalized spacial score (nSPS) is 10.8. The molecule has 0 fully saturated rings. The van der Waals surface area contributed by atoms with Gasteiger partial charge in [-0.15, -0.1) is 0 Å². The fourth-order valence-corrected chi connectivity index (χ4v) is 2.33. The van der Waals surface area contributed by atoms with Crippen LogP contribution in [0.5, 0.6) is 0 Å². The van der Waals surface area contributed by atoms with Gasteiger partial charge in [0, 0.05) is 12.1 Å². The number of nitrogens with one attached hydrogen (secondary N) is 1. The Morgan fingerprint density at radius 3 is 2.77 bits per heavy atom. The SMILES string of the molecule is O=C(NCCCc1noc2cccc(F)c12)c1ccccc1. The highest BCUT2D eigenvalue weighted by atomic mass is 19.1. The molecule has 4 nitrogen and oxygen atoms in total. The van der Waals surface area contributed by atoms with E-state index in [4.69, 9.17) is 4.52 Å². The van der Waals surface area contributed by atoms with E-state index in [9.17, 15) is 9.18 Å². The van der Waals surface area contributed by atoms with Crippen molar-refractivity contribution in [1.82, 2.24) is 10.5 Å². The third-order valence-corrected chi connectivity index (χ3v) is 3.43. The summed E-state index contributed by atoms with van der Waals surface area (Å²) < 4.78 is 18.9. The van der Waals surface area contributed by atoms with E-state index in [2.05, 4.69) is 10.5 Å². The number of halogens is 1. The van der Waals surface area contributed by atoms with Crippen LogP contribution < -0.4 is 5.32 Å². The van der Waals surface area contributed by atoms with E-state index in [1.807, 2.05) is 18.2 Å². The molecule has 22 heavy (non-hydrogen) atoms. The first-order valence-electron chi connectivity index (χ1n) is 7.12. The second-order valence-corrected chi connectivity index (χ2v) is 4.97. The Morgan fingerprint density at radius 2 is 1.95 bits per heavy atom. The van der Waals surface area contributed by atoms with Crippen LogP contribution in [0, 0.1) is 5.82 Å². The number of hydrogen-bond donors (Lipinski definition) is 1. The lowest BCUT2D eigenvalue weighted by Crippen LogP contribution is -2.24. The lowest BCUT2D eigenvalue weighted by molar-refractivity contribution is 0.0953. The smallest absolute Gasteiger partial charge is 0.251 e. The number of aromatic nitrogens is 1. The van der Waals surface area contributed by atoms with Crippen molar-refractivity contribution in [1.29, 1.82) is 0 Å². The highest BCUT2D eigenvalue weighted by Crippen LogP contribution is 2.22. The molecule has 0 saturated carbocycles. The number of hydrogen-bond acceptors (Lipinski definition) is 3. The fourth-order valence-electron chi connectivity index (χ4n) is 2.33. The predicted molar refractivity (Wildman–Crippen MR) is 81.1 cm³/mol. The zero-order valence-corrected chi connectivity index (χ0v) is 11.9. The number of carbonyl (C=O) groups is 1. The largest absolute Gasteiger partial charge is 0.356 e. The van der Waals surface area contributed by atoms with Gasteiger partial charge in [0.2, 0.25) is 0 Å². The molecule has 3 aromatic rings. The first-order chi connectivity index (χ1) is 10.8. The highest BCUT2D eigenvalue weighted by molar-refractivity contribution is 5.94. The minimum absolute atomic E-state index is 0.114. The standard InChI is InChI=1S/C17H15FN2O2/c18-13-8-4-10-15-16(13)14(20-22-15)9-5-11-19-17(21)12-6-2-1-3-7-12/h1-4,6-8,10H,5,9,11H2,(H,19,21). The van der Waals surface area contributed by atoms with E-state index >= 15 is 0 Å². The molecule has 0 atom stereocenters. The Balaban J connectivity index is 1.56. The van der Waals surface area contributed by atoms with Gasteiger partial charge < -0.3 is 9.84 Å². The van der Waals surface area contributed by atoms with Crippen LogP contribution in [0.4, 0.5) is 4.39 Å². The van der Waals surface area contributed by atoms with E-state index in [-0.39, 0.29) is 11.7 Å². The van der Waals surface area contributed by atoms with Gasteiger partial charge in [-0.3, -0.25) is 4.79 Å². The minimum atomic E-state index is -0.331.